The Morgan fingerprint density at radius 2 is 1.94 bits per heavy atom. The van der Waals surface area contributed by atoms with Crippen molar-refractivity contribution in [3.05, 3.63) is 23.3 Å². The molecule has 0 aromatic rings. The molecule has 1 spiro atoms. The number of nitrogens with zero attached hydrogens (tertiary/aromatic N) is 1. The van der Waals surface area contributed by atoms with Crippen molar-refractivity contribution in [2.24, 2.45) is 34.2 Å². The number of rotatable bonds is 7. The van der Waals surface area contributed by atoms with Crippen molar-refractivity contribution >= 4 is 5.71 Å². The van der Waals surface area contributed by atoms with Gasteiger partial charge in [0, 0.05) is 6.42 Å². The smallest absolute Gasteiger partial charge is 0.164 e. The molecule has 1 heterocycles. The number of aliphatic hydroxyl groups is 1. The highest BCUT2D eigenvalue weighted by atomic mass is 16.7. The summed E-state index contributed by atoms with van der Waals surface area (Å²) in [6, 6.07) is 0. The fourth-order valence-corrected chi connectivity index (χ4v) is 7.84. The highest BCUT2D eigenvalue weighted by molar-refractivity contribution is 5.86. The fraction of sp³-hybridized carbons (Fsp3) is 0.833. The minimum atomic E-state index is -0.289. The van der Waals surface area contributed by atoms with Gasteiger partial charge in [-0.2, -0.15) is 0 Å². The van der Waals surface area contributed by atoms with E-state index in [1.54, 1.807) is 5.57 Å². The predicted molar refractivity (Wildman–Crippen MR) is 138 cm³/mol. The maximum atomic E-state index is 10.4. The average Bonchev–Trinajstić information content (AvgIpc) is 3.36. The van der Waals surface area contributed by atoms with E-state index in [0.717, 1.165) is 55.8 Å². The van der Waals surface area contributed by atoms with Gasteiger partial charge >= 0.3 is 0 Å². The summed E-state index contributed by atoms with van der Waals surface area (Å²) in [5.74, 6) is 3.26. The largest absolute Gasteiger partial charge is 0.393 e. The van der Waals surface area contributed by atoms with E-state index < -0.39 is 0 Å². The van der Waals surface area contributed by atoms with E-state index in [-0.39, 0.29) is 11.7 Å². The summed E-state index contributed by atoms with van der Waals surface area (Å²) in [7, 11) is 0. The Hall–Kier alpha value is -1.09. The molecule has 0 unspecified atom stereocenters. The van der Waals surface area contributed by atoms with Gasteiger partial charge < -0.3 is 9.94 Å². The monoisotopic (exact) mass is 455 g/mol. The first-order valence-corrected chi connectivity index (χ1v) is 14.1. The summed E-state index contributed by atoms with van der Waals surface area (Å²) in [5, 5.41) is 14.8. The van der Waals surface area contributed by atoms with Crippen LogP contribution in [0.2, 0.25) is 0 Å². The molecule has 0 bridgehead atoms. The molecule has 0 radical (unpaired) electrons. The SMILES string of the molecule is CCC1=NO[C@]2(CC[C@H](O)C/C2=C\C=C2/CCC[C@]3(C)[C@@H]([C@H](C)CCCC(C)C)CC[C@@H]23)C1. The molecule has 186 valence electrons. The number of hydrogen-bond donors (Lipinski definition) is 1. The van der Waals surface area contributed by atoms with Crippen molar-refractivity contribution in [3.8, 4) is 0 Å². The first-order chi connectivity index (χ1) is 15.8. The second-order valence-corrected chi connectivity index (χ2v) is 12.5. The summed E-state index contributed by atoms with van der Waals surface area (Å²) in [5.41, 5.74) is 4.28. The van der Waals surface area contributed by atoms with Crippen LogP contribution in [0.4, 0.5) is 0 Å². The summed E-state index contributed by atoms with van der Waals surface area (Å²) in [6.07, 6.45) is 19.7. The van der Waals surface area contributed by atoms with Gasteiger partial charge in [-0.3, -0.25) is 0 Å². The lowest BCUT2D eigenvalue weighted by Gasteiger charge is -2.44. The molecule has 0 aromatic heterocycles. The minimum absolute atomic E-state index is 0.242. The van der Waals surface area contributed by atoms with Gasteiger partial charge in [0.1, 0.15) is 0 Å². The van der Waals surface area contributed by atoms with Gasteiger partial charge in [0.25, 0.3) is 0 Å². The Labute approximate surface area is 203 Å². The molecule has 33 heavy (non-hydrogen) atoms. The van der Waals surface area contributed by atoms with Gasteiger partial charge in [-0.1, -0.05) is 76.8 Å². The van der Waals surface area contributed by atoms with Gasteiger partial charge in [0.15, 0.2) is 5.60 Å². The molecule has 0 aromatic carbocycles. The molecule has 4 rings (SSSR count). The summed E-state index contributed by atoms with van der Waals surface area (Å²) in [4.78, 5) is 6.07. The van der Waals surface area contributed by atoms with E-state index in [0.29, 0.717) is 5.41 Å². The van der Waals surface area contributed by atoms with Crippen LogP contribution in [0.1, 0.15) is 118 Å². The van der Waals surface area contributed by atoms with E-state index in [1.165, 1.54) is 62.7 Å². The van der Waals surface area contributed by atoms with Crippen molar-refractivity contribution in [3.63, 3.8) is 0 Å². The van der Waals surface area contributed by atoms with Crippen LogP contribution in [-0.2, 0) is 4.84 Å². The van der Waals surface area contributed by atoms with Gasteiger partial charge in [0.05, 0.1) is 11.8 Å². The predicted octanol–water partition coefficient (Wildman–Crippen LogP) is 7.99. The van der Waals surface area contributed by atoms with Crippen LogP contribution >= 0.6 is 0 Å². The fourth-order valence-electron chi connectivity index (χ4n) is 7.84. The van der Waals surface area contributed by atoms with Crippen LogP contribution in [0.15, 0.2) is 28.5 Å². The Kier molecular flexibility index (Phi) is 7.78. The Morgan fingerprint density at radius 3 is 2.67 bits per heavy atom. The zero-order valence-electron chi connectivity index (χ0n) is 22.0. The topological polar surface area (TPSA) is 41.8 Å². The van der Waals surface area contributed by atoms with Crippen LogP contribution in [0.25, 0.3) is 0 Å². The highest BCUT2D eigenvalue weighted by Gasteiger charge is 2.50. The highest BCUT2D eigenvalue weighted by Crippen LogP contribution is 2.60. The van der Waals surface area contributed by atoms with Crippen LogP contribution in [0.3, 0.4) is 0 Å². The van der Waals surface area contributed by atoms with Gasteiger partial charge in [0.2, 0.25) is 0 Å². The summed E-state index contributed by atoms with van der Waals surface area (Å²) < 4.78 is 0. The molecule has 3 fully saturated rings. The van der Waals surface area contributed by atoms with Crippen LogP contribution in [0.5, 0.6) is 0 Å². The van der Waals surface area contributed by atoms with Crippen LogP contribution in [-0.4, -0.2) is 22.5 Å². The van der Waals surface area contributed by atoms with Gasteiger partial charge in [-0.05, 0) is 92.4 Å². The Balaban J connectivity index is 1.50. The third kappa shape index (κ3) is 5.14. The number of hydrogen-bond acceptors (Lipinski definition) is 3. The molecule has 3 nitrogen and oxygen atoms in total. The molecule has 0 amide bonds. The third-order valence-corrected chi connectivity index (χ3v) is 9.83. The Bertz CT molecular complexity index is 780. The van der Waals surface area contributed by atoms with Crippen molar-refractivity contribution in [1.29, 1.82) is 0 Å². The molecule has 6 atom stereocenters. The normalized spacial score (nSPS) is 39.8. The van der Waals surface area contributed by atoms with Crippen LogP contribution in [0, 0.1) is 29.1 Å². The second kappa shape index (κ2) is 10.3. The van der Waals surface area contributed by atoms with E-state index in [2.05, 4.69) is 51.9 Å². The number of fused-ring (bicyclic) bond motifs is 1. The molecule has 1 N–H and O–H groups in total. The van der Waals surface area contributed by atoms with E-state index in [4.69, 9.17) is 4.84 Å². The van der Waals surface area contributed by atoms with Crippen molar-refractivity contribution in [1.82, 2.24) is 0 Å². The molecule has 0 saturated heterocycles. The number of oxime groups is 1. The van der Waals surface area contributed by atoms with Crippen molar-refractivity contribution in [2.45, 2.75) is 130 Å². The van der Waals surface area contributed by atoms with Crippen molar-refractivity contribution < 1.29 is 9.94 Å². The molecule has 3 aliphatic carbocycles. The molecule has 1 aliphatic heterocycles. The third-order valence-electron chi connectivity index (χ3n) is 9.83. The van der Waals surface area contributed by atoms with Gasteiger partial charge in [-0.15, -0.1) is 0 Å². The molecule has 3 heteroatoms. The maximum absolute atomic E-state index is 10.4. The van der Waals surface area contributed by atoms with E-state index in [9.17, 15) is 5.11 Å². The quantitative estimate of drug-likeness (QED) is 0.422. The molecule has 3 saturated carbocycles. The van der Waals surface area contributed by atoms with E-state index >= 15 is 0 Å². The van der Waals surface area contributed by atoms with Crippen LogP contribution < -0.4 is 0 Å². The Morgan fingerprint density at radius 1 is 1.12 bits per heavy atom. The number of allylic oxidation sites excluding steroid dienone is 3. The summed E-state index contributed by atoms with van der Waals surface area (Å²) >= 11 is 0. The zero-order chi connectivity index (χ0) is 23.6. The molecular weight excluding hydrogens is 406 g/mol. The zero-order valence-corrected chi connectivity index (χ0v) is 22.0. The minimum Gasteiger partial charge on any atom is -0.393 e. The lowest BCUT2D eigenvalue weighted by atomic mass is 9.60. The maximum Gasteiger partial charge on any atom is 0.164 e. The molecular formula is C30H49NO2. The lowest BCUT2D eigenvalue weighted by molar-refractivity contribution is -0.0282. The summed E-state index contributed by atoms with van der Waals surface area (Å²) in [6.45, 7) is 12.0. The number of aliphatic hydroxyl groups excluding tert-OH is 1. The lowest BCUT2D eigenvalue weighted by Crippen LogP contribution is -2.38. The average molecular weight is 456 g/mol. The first-order valence-electron chi connectivity index (χ1n) is 14.1. The first kappa shape index (κ1) is 25.0. The van der Waals surface area contributed by atoms with Gasteiger partial charge in [-0.25, -0.2) is 0 Å². The second-order valence-electron chi connectivity index (χ2n) is 12.5. The van der Waals surface area contributed by atoms with E-state index in [1.807, 2.05) is 0 Å². The standard InChI is InChI=1S/C30H49NO2/c1-6-25-20-30(33-31-25)18-16-26(32)19-24(30)13-12-23-11-8-17-29(5)27(14-15-28(23)29)22(4)10-7-9-21(2)3/h12-13,21-22,26-28,32H,6-11,14-20H2,1-5H3/b23-12+,24-13+/t22-,26+,27-,28+,29-,30-/m1/s1. The molecule has 4 aliphatic rings. The van der Waals surface area contributed by atoms with Crippen molar-refractivity contribution in [2.75, 3.05) is 0 Å².